The van der Waals surface area contributed by atoms with E-state index in [-0.39, 0.29) is 41.8 Å². The third-order valence-electron chi connectivity index (χ3n) is 7.57. The molecule has 0 radical (unpaired) electrons. The molecule has 1 aliphatic rings. The van der Waals surface area contributed by atoms with Crippen LogP contribution in [-0.2, 0) is 24.2 Å². The minimum atomic E-state index is -0.730. The second-order valence-electron chi connectivity index (χ2n) is 10.5. The molecule has 1 saturated heterocycles. The van der Waals surface area contributed by atoms with Crippen LogP contribution in [0, 0.1) is 5.82 Å². The Morgan fingerprint density at radius 1 is 0.825 bits per heavy atom. The summed E-state index contributed by atoms with van der Waals surface area (Å²) in [6.45, 7) is 5.73. The van der Waals surface area contributed by atoms with Crippen molar-refractivity contribution in [2.24, 2.45) is 0 Å². The zero-order valence-corrected chi connectivity index (χ0v) is 25.4. The number of nitrogens with zero attached hydrogens (tertiary/aromatic N) is 4. The molecule has 4 aromatic rings. The molecule has 0 atom stereocenters. The van der Waals surface area contributed by atoms with E-state index in [4.69, 9.17) is 10.1 Å². The number of anilines is 1. The number of aryl methyl sites for hydroxylation is 1. The van der Waals surface area contributed by atoms with Crippen molar-refractivity contribution in [3.05, 3.63) is 95.3 Å². The van der Waals surface area contributed by atoms with Gasteiger partial charge in [0.05, 0.1) is 17.6 Å². The number of hydrogen-bond acceptors (Lipinski definition) is 4. The smallest absolute Gasteiger partial charge is 0.481 e. The van der Waals surface area contributed by atoms with Crippen molar-refractivity contribution in [2.45, 2.75) is 45.1 Å². The summed E-state index contributed by atoms with van der Waals surface area (Å²) in [5, 5.41) is 8.82. The molecule has 5 rings (SSSR count). The van der Waals surface area contributed by atoms with Gasteiger partial charge < -0.3 is 19.5 Å². The molecule has 2 heterocycles. The molecule has 1 aliphatic heterocycles. The molecule has 0 unspecified atom stereocenters. The van der Waals surface area contributed by atoms with E-state index in [1.54, 1.807) is 0 Å². The number of hydrogen-bond donors (Lipinski definition) is 1. The molecule has 1 aromatic heterocycles. The van der Waals surface area contributed by atoms with E-state index in [9.17, 15) is 9.18 Å². The first-order chi connectivity index (χ1) is 19.0. The molecular formula is C32H37FN4NaO2+. The summed E-state index contributed by atoms with van der Waals surface area (Å²) in [5.74, 6) is 0.0526. The second-order valence-corrected chi connectivity index (χ2v) is 10.5. The summed E-state index contributed by atoms with van der Waals surface area (Å²) in [6, 6.07) is 23.7. The average molecular weight is 552 g/mol. The first-order valence-electron chi connectivity index (χ1n) is 14.0. The Hall–Kier alpha value is -2.71. The first kappa shape index (κ1) is 30.3. The van der Waals surface area contributed by atoms with Crippen LogP contribution in [0.1, 0.15) is 42.4 Å². The molecule has 0 bridgehead atoms. The maximum Gasteiger partial charge on any atom is 1.00 e. The Bertz CT molecular complexity index is 1360. The van der Waals surface area contributed by atoms with Crippen molar-refractivity contribution < 1.29 is 43.8 Å². The Morgan fingerprint density at radius 3 is 2.12 bits per heavy atom. The van der Waals surface area contributed by atoms with Crippen LogP contribution in [0.2, 0.25) is 0 Å². The zero-order valence-electron chi connectivity index (χ0n) is 23.4. The molecule has 40 heavy (non-hydrogen) atoms. The fourth-order valence-electron chi connectivity index (χ4n) is 5.45. The van der Waals surface area contributed by atoms with Gasteiger partial charge in [0.2, 0.25) is 5.95 Å². The topological polar surface area (TPSA) is 61.6 Å². The fraction of sp³-hybridized carbons (Fsp3) is 0.375. The summed E-state index contributed by atoms with van der Waals surface area (Å²) in [5.41, 5.74) is 5.69. The van der Waals surface area contributed by atoms with Crippen LogP contribution in [-0.4, -0.2) is 58.3 Å². The monoisotopic (exact) mass is 551 g/mol. The number of benzene rings is 3. The van der Waals surface area contributed by atoms with Crippen LogP contribution < -0.4 is 34.5 Å². The minimum Gasteiger partial charge on any atom is -0.481 e. The molecule has 0 aliphatic carbocycles. The quantitative estimate of drug-likeness (QED) is 0.307. The number of para-hydroxylation sites is 2. The van der Waals surface area contributed by atoms with Gasteiger partial charge in [0.1, 0.15) is 5.82 Å². The summed E-state index contributed by atoms with van der Waals surface area (Å²) in [6.07, 6.45) is 4.88. The molecule has 0 saturated carbocycles. The number of carboxylic acids is 1. The van der Waals surface area contributed by atoms with Gasteiger partial charge in [0.25, 0.3) is 0 Å². The van der Waals surface area contributed by atoms with E-state index < -0.39 is 5.97 Å². The standard InChI is InChI=1S/C32H37FN4O2.Na/c33-28-16-14-27(15-17-28)24-37-30-8-2-1-7-29(30)34-32(37)36-21-4-19-35(20-5-22-36)23-18-26-12-10-25(11-13-26)6-3-9-31(38)39;/h1-2,7-8,10-17H,3-6,9,18-24H2,(H,38,39);/q;+1. The molecule has 8 heteroatoms. The van der Waals surface area contributed by atoms with Gasteiger partial charge >= 0.3 is 35.5 Å². The maximum atomic E-state index is 13.5. The summed E-state index contributed by atoms with van der Waals surface area (Å²) >= 11 is 0. The van der Waals surface area contributed by atoms with Crippen molar-refractivity contribution in [3.63, 3.8) is 0 Å². The molecule has 204 valence electrons. The van der Waals surface area contributed by atoms with Crippen molar-refractivity contribution in [2.75, 3.05) is 37.6 Å². The second kappa shape index (κ2) is 14.8. The summed E-state index contributed by atoms with van der Waals surface area (Å²) in [7, 11) is 0. The molecule has 0 amide bonds. The van der Waals surface area contributed by atoms with Gasteiger partial charge in [-0.15, -0.1) is 0 Å². The van der Waals surface area contributed by atoms with Gasteiger partial charge in [-0.05, 0) is 86.1 Å². The fourth-order valence-corrected chi connectivity index (χ4v) is 5.45. The number of carboxylic acid groups (broad SMARTS) is 1. The number of aliphatic carboxylic acids is 1. The SMILES string of the molecule is O=C(O)CCCc1ccc(CCN2CCCN(c3nc4ccccc4n3Cc3ccc(F)cc3)CCC2)cc1.[Na+]. The van der Waals surface area contributed by atoms with Crippen LogP contribution in [0.3, 0.4) is 0 Å². The van der Waals surface area contributed by atoms with Gasteiger partial charge in [-0.1, -0.05) is 48.5 Å². The van der Waals surface area contributed by atoms with E-state index in [1.165, 1.54) is 23.3 Å². The normalized spacial score (nSPS) is 14.5. The first-order valence-corrected chi connectivity index (χ1v) is 14.0. The van der Waals surface area contributed by atoms with Crippen molar-refractivity contribution in [3.8, 4) is 0 Å². The third-order valence-corrected chi connectivity index (χ3v) is 7.57. The number of fused-ring (bicyclic) bond motifs is 1. The van der Waals surface area contributed by atoms with E-state index in [1.807, 2.05) is 24.3 Å². The Balaban J connectivity index is 0.00000370. The van der Waals surface area contributed by atoms with Crippen molar-refractivity contribution >= 4 is 23.0 Å². The number of imidazole rings is 1. The van der Waals surface area contributed by atoms with Crippen LogP contribution in [0.4, 0.5) is 10.3 Å². The van der Waals surface area contributed by atoms with Crippen LogP contribution in [0.15, 0.2) is 72.8 Å². The minimum absolute atomic E-state index is 0. The molecule has 1 N–H and O–H groups in total. The molecule has 6 nitrogen and oxygen atoms in total. The van der Waals surface area contributed by atoms with Crippen LogP contribution in [0.5, 0.6) is 0 Å². The zero-order chi connectivity index (χ0) is 27.0. The van der Waals surface area contributed by atoms with Crippen LogP contribution >= 0.6 is 0 Å². The number of rotatable bonds is 10. The Morgan fingerprint density at radius 2 is 1.45 bits per heavy atom. The van der Waals surface area contributed by atoms with E-state index in [0.29, 0.717) is 13.0 Å². The number of halogens is 1. The van der Waals surface area contributed by atoms with E-state index in [0.717, 1.165) is 81.0 Å². The number of carbonyl (C=O) groups is 1. The number of aromatic nitrogens is 2. The van der Waals surface area contributed by atoms with Gasteiger partial charge in [-0.3, -0.25) is 4.79 Å². The largest absolute Gasteiger partial charge is 1.00 e. The predicted molar refractivity (Wildman–Crippen MR) is 154 cm³/mol. The predicted octanol–water partition coefficient (Wildman–Crippen LogP) is 2.78. The average Bonchev–Trinajstić information content (AvgIpc) is 3.28. The molecular weight excluding hydrogens is 514 g/mol. The van der Waals surface area contributed by atoms with Gasteiger partial charge in [0.15, 0.2) is 0 Å². The van der Waals surface area contributed by atoms with Gasteiger partial charge in [-0.25, -0.2) is 9.37 Å². The maximum absolute atomic E-state index is 13.5. The third kappa shape index (κ3) is 8.16. The van der Waals surface area contributed by atoms with Gasteiger partial charge in [-0.2, -0.15) is 0 Å². The summed E-state index contributed by atoms with van der Waals surface area (Å²) in [4.78, 5) is 20.7. The summed E-state index contributed by atoms with van der Waals surface area (Å²) < 4.78 is 15.8. The Kier molecular flexibility index (Phi) is 11.2. The van der Waals surface area contributed by atoms with E-state index >= 15 is 0 Å². The van der Waals surface area contributed by atoms with Crippen LogP contribution in [0.25, 0.3) is 11.0 Å². The molecule has 0 spiro atoms. The molecule has 1 fully saturated rings. The van der Waals surface area contributed by atoms with Gasteiger partial charge in [0, 0.05) is 26.1 Å². The van der Waals surface area contributed by atoms with E-state index in [2.05, 4.69) is 50.8 Å². The molecule has 3 aromatic carbocycles. The van der Waals surface area contributed by atoms with Crippen molar-refractivity contribution in [1.29, 1.82) is 0 Å². The Labute approximate surface area is 258 Å². The van der Waals surface area contributed by atoms with Crippen molar-refractivity contribution in [1.82, 2.24) is 14.5 Å².